The fraction of sp³-hybridized carbons (Fsp3) is 0.333. The molecule has 0 spiro atoms. The summed E-state index contributed by atoms with van der Waals surface area (Å²) in [4.78, 5) is 21.7. The van der Waals surface area contributed by atoms with Gasteiger partial charge >= 0.3 is 0 Å². The van der Waals surface area contributed by atoms with Crippen molar-refractivity contribution in [2.24, 2.45) is 16.5 Å². The van der Waals surface area contributed by atoms with Crippen LogP contribution in [0.15, 0.2) is 23.2 Å². The van der Waals surface area contributed by atoms with E-state index in [4.69, 9.17) is 11.5 Å². The van der Waals surface area contributed by atoms with E-state index in [1.807, 2.05) is 12.1 Å². The number of aromatic nitrogens is 1. The van der Waals surface area contributed by atoms with E-state index in [0.717, 1.165) is 37.0 Å². The zero-order valence-corrected chi connectivity index (χ0v) is 12.0. The van der Waals surface area contributed by atoms with Gasteiger partial charge in [0.15, 0.2) is 5.96 Å². The summed E-state index contributed by atoms with van der Waals surface area (Å²) in [6.45, 7) is 5.02. The molecular formula is C15H19N5O. The van der Waals surface area contributed by atoms with Crippen molar-refractivity contribution in [1.29, 1.82) is 0 Å². The molecule has 2 heterocycles. The van der Waals surface area contributed by atoms with Crippen LogP contribution in [0.4, 0.5) is 0 Å². The molecular weight excluding hydrogens is 266 g/mol. The summed E-state index contributed by atoms with van der Waals surface area (Å²) in [7, 11) is 0. The highest BCUT2D eigenvalue weighted by Gasteiger charge is 2.23. The Labute approximate surface area is 122 Å². The number of guanidine groups is 1. The fourth-order valence-corrected chi connectivity index (χ4v) is 2.96. The van der Waals surface area contributed by atoms with Crippen LogP contribution >= 0.6 is 0 Å². The Morgan fingerprint density at radius 2 is 2.24 bits per heavy atom. The van der Waals surface area contributed by atoms with Crippen molar-refractivity contribution in [1.82, 2.24) is 9.88 Å². The van der Waals surface area contributed by atoms with E-state index in [2.05, 4.69) is 21.8 Å². The van der Waals surface area contributed by atoms with E-state index in [1.54, 1.807) is 6.07 Å². The first-order chi connectivity index (χ1) is 10.1. The number of nitrogens with two attached hydrogens (primary N) is 2. The number of hydrogen-bond donors (Lipinski definition) is 3. The molecule has 3 rings (SSSR count). The normalized spacial score (nSPS) is 14.9. The standard InChI is InChI=1S/C15H19N5O/c1-2-20-7-6-11-10(8-20)13-9(14(21)19-15(16)17)4-3-5-12(13)18-11/h3-5,18H,2,6-8H2,1H3,(H4,16,17,19,21). The summed E-state index contributed by atoms with van der Waals surface area (Å²) in [5, 5.41) is 0.945. The smallest absolute Gasteiger partial charge is 0.280 e. The molecule has 5 N–H and O–H groups in total. The second kappa shape index (κ2) is 5.21. The van der Waals surface area contributed by atoms with Crippen molar-refractivity contribution in [3.63, 3.8) is 0 Å². The highest BCUT2D eigenvalue weighted by atomic mass is 16.1. The first-order valence-corrected chi connectivity index (χ1v) is 7.09. The summed E-state index contributed by atoms with van der Waals surface area (Å²) in [6.07, 6.45) is 0.966. The van der Waals surface area contributed by atoms with Gasteiger partial charge in [-0.3, -0.25) is 9.69 Å². The number of carbonyl (C=O) groups is 1. The minimum atomic E-state index is -0.393. The van der Waals surface area contributed by atoms with E-state index in [-0.39, 0.29) is 5.96 Å². The molecule has 1 amide bonds. The van der Waals surface area contributed by atoms with Gasteiger partial charge in [0.2, 0.25) is 0 Å². The number of hydrogen-bond acceptors (Lipinski definition) is 2. The van der Waals surface area contributed by atoms with Crippen LogP contribution in [0.5, 0.6) is 0 Å². The molecule has 1 aliphatic heterocycles. The van der Waals surface area contributed by atoms with Crippen LogP contribution in [0.25, 0.3) is 10.9 Å². The molecule has 110 valence electrons. The molecule has 0 unspecified atom stereocenters. The molecule has 0 fully saturated rings. The predicted molar refractivity (Wildman–Crippen MR) is 83.1 cm³/mol. The van der Waals surface area contributed by atoms with Gasteiger partial charge in [-0.25, -0.2) is 0 Å². The van der Waals surface area contributed by atoms with Crippen molar-refractivity contribution in [2.45, 2.75) is 19.9 Å². The number of likely N-dealkylation sites (N-methyl/N-ethyl adjacent to an activating group) is 1. The topological polar surface area (TPSA) is 100 Å². The summed E-state index contributed by atoms with van der Waals surface area (Å²) in [5.41, 5.74) is 14.6. The monoisotopic (exact) mass is 285 g/mol. The minimum absolute atomic E-state index is 0.211. The summed E-state index contributed by atoms with van der Waals surface area (Å²) in [6, 6.07) is 5.60. The maximum absolute atomic E-state index is 12.2. The van der Waals surface area contributed by atoms with Crippen LogP contribution in [0.3, 0.4) is 0 Å². The number of aromatic amines is 1. The van der Waals surface area contributed by atoms with Crippen molar-refractivity contribution in [3.8, 4) is 0 Å². The number of benzene rings is 1. The molecule has 2 aromatic rings. The third-order valence-corrected chi connectivity index (χ3v) is 3.98. The van der Waals surface area contributed by atoms with E-state index < -0.39 is 5.91 Å². The summed E-state index contributed by atoms with van der Waals surface area (Å²) in [5.74, 6) is -0.604. The molecule has 21 heavy (non-hydrogen) atoms. The minimum Gasteiger partial charge on any atom is -0.370 e. The Bertz CT molecular complexity index is 727. The molecule has 6 heteroatoms. The quantitative estimate of drug-likeness (QED) is 0.565. The summed E-state index contributed by atoms with van der Waals surface area (Å²) < 4.78 is 0. The van der Waals surface area contributed by atoms with Gasteiger partial charge in [-0.15, -0.1) is 0 Å². The van der Waals surface area contributed by atoms with E-state index in [9.17, 15) is 4.79 Å². The average molecular weight is 285 g/mol. The largest absolute Gasteiger partial charge is 0.370 e. The highest BCUT2D eigenvalue weighted by Crippen LogP contribution is 2.30. The SMILES string of the molecule is CCN1CCc2[nH]c3cccc(C(=O)N=C(N)N)c3c2C1. The molecule has 1 aromatic heterocycles. The Balaban J connectivity index is 2.16. The van der Waals surface area contributed by atoms with Crippen molar-refractivity contribution < 1.29 is 4.79 Å². The lowest BCUT2D eigenvalue weighted by Gasteiger charge is -2.25. The lowest BCUT2D eigenvalue weighted by atomic mass is 10.0. The van der Waals surface area contributed by atoms with Gasteiger partial charge in [0.1, 0.15) is 0 Å². The maximum Gasteiger partial charge on any atom is 0.280 e. The number of carbonyl (C=O) groups excluding carboxylic acids is 1. The molecule has 0 saturated carbocycles. The molecule has 0 aliphatic carbocycles. The van der Waals surface area contributed by atoms with Crippen molar-refractivity contribution in [3.05, 3.63) is 35.0 Å². The third kappa shape index (κ3) is 2.38. The van der Waals surface area contributed by atoms with Crippen molar-refractivity contribution >= 4 is 22.8 Å². The zero-order chi connectivity index (χ0) is 15.0. The van der Waals surface area contributed by atoms with Gasteiger partial charge in [0.05, 0.1) is 5.56 Å². The molecule has 0 bridgehead atoms. The molecule has 1 aliphatic rings. The predicted octanol–water partition coefficient (Wildman–Crippen LogP) is 0.960. The highest BCUT2D eigenvalue weighted by molar-refractivity contribution is 6.11. The Kier molecular flexibility index (Phi) is 3.39. The van der Waals surface area contributed by atoms with Crippen LogP contribution in [0, 0.1) is 0 Å². The Hall–Kier alpha value is -2.34. The zero-order valence-electron chi connectivity index (χ0n) is 12.0. The second-order valence-corrected chi connectivity index (χ2v) is 5.27. The van der Waals surface area contributed by atoms with Gasteiger partial charge in [0.25, 0.3) is 5.91 Å². The van der Waals surface area contributed by atoms with Crippen LogP contribution in [0.1, 0.15) is 28.5 Å². The number of nitrogens with one attached hydrogen (secondary N) is 1. The third-order valence-electron chi connectivity index (χ3n) is 3.98. The van der Waals surface area contributed by atoms with Gasteiger partial charge in [-0.2, -0.15) is 4.99 Å². The van der Waals surface area contributed by atoms with Crippen LogP contribution in [-0.2, 0) is 13.0 Å². The second-order valence-electron chi connectivity index (χ2n) is 5.27. The number of aliphatic imine (C=N–C) groups is 1. The Morgan fingerprint density at radius 1 is 1.43 bits per heavy atom. The molecule has 1 aromatic carbocycles. The first kappa shape index (κ1) is 13.6. The van der Waals surface area contributed by atoms with Crippen LogP contribution < -0.4 is 11.5 Å². The number of fused-ring (bicyclic) bond motifs is 3. The van der Waals surface area contributed by atoms with Gasteiger partial charge in [-0.1, -0.05) is 13.0 Å². The van der Waals surface area contributed by atoms with Gasteiger partial charge in [0, 0.05) is 36.1 Å². The number of nitrogens with zero attached hydrogens (tertiary/aromatic N) is 2. The molecule has 0 radical (unpaired) electrons. The van der Waals surface area contributed by atoms with Gasteiger partial charge < -0.3 is 16.5 Å². The lowest BCUT2D eigenvalue weighted by Crippen LogP contribution is -2.30. The number of rotatable bonds is 2. The van der Waals surface area contributed by atoms with E-state index in [1.165, 1.54) is 11.3 Å². The number of H-pyrrole nitrogens is 1. The van der Waals surface area contributed by atoms with Crippen molar-refractivity contribution in [2.75, 3.05) is 13.1 Å². The summed E-state index contributed by atoms with van der Waals surface area (Å²) >= 11 is 0. The average Bonchev–Trinajstić information content (AvgIpc) is 2.83. The maximum atomic E-state index is 12.2. The number of amides is 1. The fourth-order valence-electron chi connectivity index (χ4n) is 2.96. The van der Waals surface area contributed by atoms with E-state index in [0.29, 0.717) is 5.56 Å². The van der Waals surface area contributed by atoms with E-state index >= 15 is 0 Å². The molecule has 6 nitrogen and oxygen atoms in total. The molecule has 0 saturated heterocycles. The lowest BCUT2D eigenvalue weighted by molar-refractivity contribution is 0.100. The first-order valence-electron chi connectivity index (χ1n) is 7.09. The van der Waals surface area contributed by atoms with Gasteiger partial charge in [-0.05, 0) is 24.2 Å². The Morgan fingerprint density at radius 3 is 2.95 bits per heavy atom. The van der Waals surface area contributed by atoms with Crippen LogP contribution in [0.2, 0.25) is 0 Å². The molecule has 0 atom stereocenters. The van der Waals surface area contributed by atoms with Crippen LogP contribution in [-0.4, -0.2) is 34.8 Å².